The molecule has 0 unspecified atom stereocenters. The maximum Gasteiger partial charge on any atom is 0.313 e. The molecule has 0 spiro atoms. The summed E-state index contributed by atoms with van der Waals surface area (Å²) < 4.78 is 26.9. The number of nitrogens with zero attached hydrogens (tertiary/aromatic N) is 2. The third-order valence-corrected chi connectivity index (χ3v) is 5.59. The number of aromatic nitrogens is 2. The highest BCUT2D eigenvalue weighted by Gasteiger charge is 2.19. The third-order valence-electron chi connectivity index (χ3n) is 5.59. The Bertz CT molecular complexity index is 1440. The van der Waals surface area contributed by atoms with Crippen LogP contribution in [0, 0.1) is 11.8 Å². The van der Waals surface area contributed by atoms with Gasteiger partial charge in [-0.3, -0.25) is 9.59 Å². The smallest absolute Gasteiger partial charge is 0.313 e. The van der Waals surface area contributed by atoms with E-state index in [9.17, 15) is 9.59 Å². The number of esters is 1. The zero-order valence-corrected chi connectivity index (χ0v) is 22.4. The first-order valence-electron chi connectivity index (χ1n) is 11.8. The van der Waals surface area contributed by atoms with Gasteiger partial charge in [0.05, 0.1) is 46.2 Å². The van der Waals surface area contributed by atoms with Crippen molar-refractivity contribution in [1.29, 1.82) is 0 Å². The Kier molecular flexibility index (Phi) is 9.53. The number of ether oxygens (including phenoxy) is 5. The van der Waals surface area contributed by atoms with E-state index in [-0.39, 0.29) is 29.7 Å². The van der Waals surface area contributed by atoms with Crippen LogP contribution in [-0.2, 0) is 16.0 Å². The molecule has 11 heteroatoms. The van der Waals surface area contributed by atoms with Crippen LogP contribution in [0.5, 0.6) is 23.0 Å². The maximum atomic E-state index is 12.8. The minimum atomic E-state index is -0.620. The van der Waals surface area contributed by atoms with E-state index in [0.717, 1.165) is 5.56 Å². The summed E-state index contributed by atoms with van der Waals surface area (Å²) >= 11 is 0. The number of nitrogens with two attached hydrogens (primary N) is 2. The molecule has 3 aromatic rings. The SMILES string of the molecule is CCOC(=O)CC(=O)c1cc(C#Cc2cc(Cc3cnc(N)nc3N)cc(OC)c2OC)c(OC)c(OC)c1. The van der Waals surface area contributed by atoms with Crippen LogP contribution in [0.4, 0.5) is 11.8 Å². The van der Waals surface area contributed by atoms with Gasteiger partial charge in [0.15, 0.2) is 28.8 Å². The summed E-state index contributed by atoms with van der Waals surface area (Å²) in [5.41, 5.74) is 14.2. The highest BCUT2D eigenvalue weighted by Crippen LogP contribution is 2.35. The first-order chi connectivity index (χ1) is 18.7. The standard InChI is InChI=1S/C28H30N4O7/c1-6-39-24(34)14-21(33)19-12-18(26(38-5)23(13-19)36-3)8-7-17-9-16(11-22(35-2)25(17)37-4)10-20-15-31-28(30)32-27(20)29/h9,11-13,15H,6,10,14H2,1-5H3,(H4,29,30,31,32). The Labute approximate surface area is 226 Å². The Morgan fingerprint density at radius 2 is 1.49 bits per heavy atom. The average molecular weight is 535 g/mol. The number of ketones is 1. The molecule has 0 aliphatic heterocycles. The molecule has 0 saturated heterocycles. The molecule has 204 valence electrons. The molecular formula is C28H30N4O7. The average Bonchev–Trinajstić information content (AvgIpc) is 2.92. The molecule has 3 rings (SSSR count). The normalized spacial score (nSPS) is 10.2. The summed E-state index contributed by atoms with van der Waals surface area (Å²) in [6.07, 6.45) is 1.53. The summed E-state index contributed by atoms with van der Waals surface area (Å²) in [5.74, 6) is 6.89. The lowest BCUT2D eigenvalue weighted by Crippen LogP contribution is -2.12. The maximum absolute atomic E-state index is 12.8. The molecule has 0 bridgehead atoms. The van der Waals surface area contributed by atoms with Crippen LogP contribution < -0.4 is 30.4 Å². The number of anilines is 2. The van der Waals surface area contributed by atoms with E-state index in [1.165, 1.54) is 40.6 Å². The second-order valence-corrected chi connectivity index (χ2v) is 8.11. The van der Waals surface area contributed by atoms with Crippen molar-refractivity contribution in [2.45, 2.75) is 19.8 Å². The molecule has 0 aliphatic carbocycles. The van der Waals surface area contributed by atoms with Gasteiger partial charge < -0.3 is 35.2 Å². The van der Waals surface area contributed by atoms with Crippen LogP contribution in [0.15, 0.2) is 30.5 Å². The lowest BCUT2D eigenvalue weighted by molar-refractivity contribution is -0.141. The molecule has 0 amide bonds. The van der Waals surface area contributed by atoms with Gasteiger partial charge in [0.1, 0.15) is 12.2 Å². The van der Waals surface area contributed by atoms with Gasteiger partial charge in [0, 0.05) is 23.7 Å². The van der Waals surface area contributed by atoms with Crippen molar-refractivity contribution in [1.82, 2.24) is 9.97 Å². The highest BCUT2D eigenvalue weighted by molar-refractivity contribution is 6.06. The lowest BCUT2D eigenvalue weighted by Gasteiger charge is -2.13. The molecule has 4 N–H and O–H groups in total. The van der Waals surface area contributed by atoms with E-state index in [4.69, 9.17) is 35.2 Å². The number of carbonyl (C=O) groups is 2. The summed E-state index contributed by atoms with van der Waals surface area (Å²) in [7, 11) is 5.93. The second-order valence-electron chi connectivity index (χ2n) is 8.11. The van der Waals surface area contributed by atoms with E-state index >= 15 is 0 Å². The number of rotatable bonds is 10. The lowest BCUT2D eigenvalue weighted by atomic mass is 10.0. The van der Waals surface area contributed by atoms with Crippen LogP contribution in [-0.4, -0.2) is 56.8 Å². The number of nitrogen functional groups attached to an aromatic ring is 2. The number of carbonyl (C=O) groups excluding carboxylic acids is 2. The van der Waals surface area contributed by atoms with Crippen molar-refractivity contribution >= 4 is 23.5 Å². The van der Waals surface area contributed by atoms with Gasteiger partial charge in [-0.15, -0.1) is 0 Å². The van der Waals surface area contributed by atoms with Crippen molar-refractivity contribution in [3.05, 3.63) is 58.3 Å². The summed E-state index contributed by atoms with van der Waals surface area (Å²) in [5, 5.41) is 0. The van der Waals surface area contributed by atoms with Gasteiger partial charge >= 0.3 is 5.97 Å². The molecule has 2 aromatic carbocycles. The first-order valence-corrected chi connectivity index (χ1v) is 11.8. The van der Waals surface area contributed by atoms with Gasteiger partial charge in [-0.2, -0.15) is 4.98 Å². The second kappa shape index (κ2) is 13.0. The molecule has 0 fully saturated rings. The fourth-order valence-corrected chi connectivity index (χ4v) is 3.80. The largest absolute Gasteiger partial charge is 0.493 e. The molecular weight excluding hydrogens is 504 g/mol. The van der Waals surface area contributed by atoms with E-state index in [2.05, 4.69) is 21.8 Å². The fourth-order valence-electron chi connectivity index (χ4n) is 3.80. The Morgan fingerprint density at radius 3 is 2.05 bits per heavy atom. The highest BCUT2D eigenvalue weighted by atomic mass is 16.5. The van der Waals surface area contributed by atoms with Crippen molar-refractivity contribution < 1.29 is 33.3 Å². The summed E-state index contributed by atoms with van der Waals surface area (Å²) in [6.45, 7) is 1.85. The zero-order valence-electron chi connectivity index (χ0n) is 22.4. The van der Waals surface area contributed by atoms with Gasteiger partial charge in [-0.1, -0.05) is 11.8 Å². The monoisotopic (exact) mass is 534 g/mol. The van der Waals surface area contributed by atoms with Crippen LogP contribution in [0.3, 0.4) is 0 Å². The Hall–Kier alpha value is -4.98. The Balaban J connectivity index is 2.09. The van der Waals surface area contributed by atoms with Crippen molar-refractivity contribution in [3.63, 3.8) is 0 Å². The van der Waals surface area contributed by atoms with E-state index in [0.29, 0.717) is 40.4 Å². The number of benzene rings is 2. The van der Waals surface area contributed by atoms with Crippen molar-refractivity contribution in [2.75, 3.05) is 46.5 Å². The van der Waals surface area contributed by atoms with Crippen LogP contribution in [0.2, 0.25) is 0 Å². The first kappa shape index (κ1) is 28.6. The topological polar surface area (TPSA) is 158 Å². The van der Waals surface area contributed by atoms with Gasteiger partial charge in [0.2, 0.25) is 5.95 Å². The van der Waals surface area contributed by atoms with Crippen LogP contribution >= 0.6 is 0 Å². The van der Waals surface area contributed by atoms with E-state index < -0.39 is 18.2 Å². The molecule has 0 saturated carbocycles. The molecule has 39 heavy (non-hydrogen) atoms. The van der Waals surface area contributed by atoms with E-state index in [1.54, 1.807) is 19.2 Å². The van der Waals surface area contributed by atoms with E-state index in [1.807, 2.05) is 6.07 Å². The van der Waals surface area contributed by atoms with Gasteiger partial charge in [0.25, 0.3) is 0 Å². The molecule has 1 aromatic heterocycles. The number of methoxy groups -OCH3 is 4. The predicted octanol–water partition coefficient (Wildman–Crippen LogP) is 2.80. The minimum absolute atomic E-state index is 0.0856. The van der Waals surface area contributed by atoms with Gasteiger partial charge in [-0.05, 0) is 36.8 Å². The quantitative estimate of drug-likeness (QED) is 0.170. The predicted molar refractivity (Wildman–Crippen MR) is 144 cm³/mol. The molecule has 0 atom stereocenters. The zero-order chi connectivity index (χ0) is 28.5. The number of hydrogen-bond donors (Lipinski definition) is 2. The van der Waals surface area contributed by atoms with Crippen molar-refractivity contribution in [2.24, 2.45) is 0 Å². The molecule has 1 heterocycles. The Morgan fingerprint density at radius 1 is 0.872 bits per heavy atom. The van der Waals surface area contributed by atoms with Crippen LogP contribution in [0.1, 0.15) is 46.0 Å². The number of hydrogen-bond acceptors (Lipinski definition) is 11. The minimum Gasteiger partial charge on any atom is -0.493 e. The summed E-state index contributed by atoms with van der Waals surface area (Å²) in [4.78, 5) is 32.6. The van der Waals surface area contributed by atoms with Crippen LogP contribution in [0.25, 0.3) is 0 Å². The van der Waals surface area contributed by atoms with Gasteiger partial charge in [-0.25, -0.2) is 4.98 Å². The molecule has 11 nitrogen and oxygen atoms in total. The third kappa shape index (κ3) is 6.87. The summed E-state index contributed by atoms with van der Waals surface area (Å²) in [6, 6.07) is 6.66. The van der Waals surface area contributed by atoms with Crippen molar-refractivity contribution in [3.8, 4) is 34.8 Å². The number of Topliss-reactive ketones (excluding diaryl/α,β-unsaturated/α-hetero) is 1. The fraction of sp³-hybridized carbons (Fsp3) is 0.286. The molecule has 0 radical (unpaired) electrons. The molecule has 0 aliphatic rings.